The van der Waals surface area contributed by atoms with E-state index in [2.05, 4.69) is 30.5 Å². The van der Waals surface area contributed by atoms with Crippen LogP contribution in [0.2, 0.25) is 36.3 Å². The molecule has 3 rings (SSSR count). The number of nitrogens with one attached hydrogen (secondary N) is 1. The zero-order chi connectivity index (χ0) is 33.8. The van der Waals surface area contributed by atoms with Gasteiger partial charge in [-0.15, -0.1) is 0 Å². The SMILES string of the molecule is COC(=O)/C=C/C1=C(N)C2(OS1(=O)=O)C(CO[Si](C)(C)C(C)(C)C)O[C@@H](n1cc(C)c(=O)[nH]c1=O)[C@@H]2O[Si](C)(C)C(C)(C)C. The highest BCUT2D eigenvalue weighted by Crippen LogP contribution is 2.53. The number of hydrogen-bond acceptors (Lipinski definition) is 11. The van der Waals surface area contributed by atoms with Crippen molar-refractivity contribution in [1.82, 2.24) is 9.55 Å². The lowest BCUT2D eigenvalue weighted by atomic mass is 9.88. The minimum absolute atomic E-state index is 0.147. The number of hydrogen-bond donors (Lipinski definition) is 2. The standard InChI is InChI=1S/C28H47N3O10SSi2/c1-17-15-31(25(34)30-23(17)33)24-22(40-44(11,12)27(5,6)7)28(19(39-24)16-38-43(9,10)26(2,3)4)21(29)18(42(35,36)41-28)13-14-20(32)37-8/h13-15,19,22,24H,16,29H2,1-12H3,(H,30,33,34)/b14-13+/t19?,22-,24+,28?/m0/s1. The Morgan fingerprint density at radius 1 is 1.11 bits per heavy atom. The van der Waals surface area contributed by atoms with Crippen molar-refractivity contribution in [3.8, 4) is 0 Å². The Hall–Kier alpha value is -2.35. The summed E-state index contributed by atoms with van der Waals surface area (Å²) in [4.78, 5) is 39.3. The van der Waals surface area contributed by atoms with Crippen molar-refractivity contribution in [2.24, 2.45) is 5.73 Å². The lowest BCUT2D eigenvalue weighted by Crippen LogP contribution is -2.59. The Balaban J connectivity index is 2.38. The Bertz CT molecular complexity index is 1580. The number of nitrogens with two attached hydrogens (primary N) is 1. The maximum atomic E-state index is 13.6. The molecule has 2 unspecified atom stereocenters. The number of carbonyl (C=O) groups excluding carboxylic acids is 1. The second-order valence-electron chi connectivity index (χ2n) is 14.3. The average molecular weight is 674 g/mol. The van der Waals surface area contributed by atoms with Crippen LogP contribution in [0.3, 0.4) is 0 Å². The highest BCUT2D eigenvalue weighted by Gasteiger charge is 2.68. The molecule has 16 heteroatoms. The van der Waals surface area contributed by atoms with Crippen molar-refractivity contribution in [1.29, 1.82) is 0 Å². The fraction of sp³-hybridized carbons (Fsp3) is 0.679. The molecule has 2 aliphatic heterocycles. The molecule has 3 heterocycles. The van der Waals surface area contributed by atoms with Crippen molar-refractivity contribution in [2.45, 2.75) is 109 Å². The van der Waals surface area contributed by atoms with Crippen molar-refractivity contribution in [2.75, 3.05) is 13.7 Å². The van der Waals surface area contributed by atoms with Crippen LogP contribution in [0.5, 0.6) is 0 Å². The first-order valence-corrected chi connectivity index (χ1v) is 21.6. The molecule has 0 bridgehead atoms. The predicted molar refractivity (Wildman–Crippen MR) is 170 cm³/mol. The summed E-state index contributed by atoms with van der Waals surface area (Å²) in [5.74, 6) is -0.802. The molecule has 1 aromatic rings. The number of nitrogens with zero attached hydrogens (tertiary/aromatic N) is 1. The molecule has 1 fully saturated rings. The van der Waals surface area contributed by atoms with Crippen LogP contribution in [0.25, 0.3) is 0 Å². The van der Waals surface area contributed by atoms with E-state index in [9.17, 15) is 22.8 Å². The van der Waals surface area contributed by atoms with Gasteiger partial charge in [0.1, 0.15) is 17.1 Å². The molecular weight excluding hydrogens is 627 g/mol. The van der Waals surface area contributed by atoms with Gasteiger partial charge in [0.2, 0.25) is 0 Å². The largest absolute Gasteiger partial charge is 0.466 e. The van der Waals surface area contributed by atoms with E-state index in [-0.39, 0.29) is 27.9 Å². The summed E-state index contributed by atoms with van der Waals surface area (Å²) >= 11 is 0. The Morgan fingerprint density at radius 3 is 2.20 bits per heavy atom. The normalized spacial score (nSPS) is 26.2. The number of esters is 1. The number of methoxy groups -OCH3 is 1. The monoisotopic (exact) mass is 673 g/mol. The topological polar surface area (TPSA) is 178 Å². The number of aromatic nitrogens is 2. The summed E-state index contributed by atoms with van der Waals surface area (Å²) in [6.07, 6.45) is -0.481. The molecule has 1 aromatic heterocycles. The molecule has 44 heavy (non-hydrogen) atoms. The van der Waals surface area contributed by atoms with Gasteiger partial charge in [-0.1, -0.05) is 41.5 Å². The third kappa shape index (κ3) is 6.48. The molecule has 1 saturated heterocycles. The van der Waals surface area contributed by atoms with Crippen LogP contribution < -0.4 is 17.0 Å². The van der Waals surface area contributed by atoms with Gasteiger partial charge in [0, 0.05) is 17.8 Å². The summed E-state index contributed by atoms with van der Waals surface area (Å²) in [5.41, 5.74) is 3.32. The molecular formula is C28H47N3O10SSi2. The van der Waals surface area contributed by atoms with Crippen molar-refractivity contribution in [3.63, 3.8) is 0 Å². The number of aryl methyl sites for hydroxylation is 1. The van der Waals surface area contributed by atoms with Crippen molar-refractivity contribution >= 4 is 32.7 Å². The molecule has 0 saturated carbocycles. The molecule has 3 N–H and O–H groups in total. The highest BCUT2D eigenvalue weighted by atomic mass is 32.2. The second-order valence-corrected chi connectivity index (χ2v) is 25.4. The highest BCUT2D eigenvalue weighted by molar-refractivity contribution is 7.91. The van der Waals surface area contributed by atoms with Gasteiger partial charge in [0.05, 0.1) is 19.4 Å². The first-order chi connectivity index (χ1) is 19.8. The van der Waals surface area contributed by atoms with E-state index in [0.717, 1.165) is 23.8 Å². The maximum Gasteiger partial charge on any atom is 0.330 e. The molecule has 248 valence electrons. The number of aromatic amines is 1. The molecule has 13 nitrogen and oxygen atoms in total. The van der Waals surface area contributed by atoms with E-state index in [0.29, 0.717) is 0 Å². The van der Waals surface area contributed by atoms with E-state index in [1.54, 1.807) is 0 Å². The minimum Gasteiger partial charge on any atom is -0.466 e. The lowest BCUT2D eigenvalue weighted by molar-refractivity contribution is -0.134. The first-order valence-electron chi connectivity index (χ1n) is 14.3. The number of ether oxygens (including phenoxy) is 2. The Morgan fingerprint density at radius 2 is 1.68 bits per heavy atom. The van der Waals surface area contributed by atoms with Crippen LogP contribution in [-0.2, 0) is 37.4 Å². The van der Waals surface area contributed by atoms with Crippen molar-refractivity contribution in [3.05, 3.63) is 55.4 Å². The minimum atomic E-state index is -4.58. The quantitative estimate of drug-likeness (QED) is 0.179. The number of rotatable bonds is 8. The molecule has 0 aromatic carbocycles. The van der Waals surface area contributed by atoms with Crippen LogP contribution in [0.4, 0.5) is 0 Å². The summed E-state index contributed by atoms with van der Waals surface area (Å²) < 4.78 is 59.0. The van der Waals surface area contributed by atoms with Crippen LogP contribution in [0, 0.1) is 6.92 Å². The smallest absolute Gasteiger partial charge is 0.330 e. The van der Waals surface area contributed by atoms with Crippen LogP contribution >= 0.6 is 0 Å². The zero-order valence-electron chi connectivity index (χ0n) is 27.7. The fourth-order valence-electron chi connectivity index (χ4n) is 4.44. The van der Waals surface area contributed by atoms with Crippen LogP contribution in [0.1, 0.15) is 53.3 Å². The number of carbonyl (C=O) groups is 1. The van der Waals surface area contributed by atoms with Gasteiger partial charge < -0.3 is 24.1 Å². The van der Waals surface area contributed by atoms with E-state index < -0.39 is 72.9 Å². The Kier molecular flexibility index (Phi) is 9.67. The van der Waals surface area contributed by atoms with Crippen LogP contribution in [-0.4, -0.2) is 72.1 Å². The van der Waals surface area contributed by atoms with E-state index in [4.69, 9.17) is 23.5 Å². The predicted octanol–water partition coefficient (Wildman–Crippen LogP) is 3.15. The summed E-state index contributed by atoms with van der Waals surface area (Å²) in [6.45, 7) is 21.5. The average Bonchev–Trinajstić information content (AvgIpc) is 3.26. The third-order valence-electron chi connectivity index (χ3n) is 9.29. The van der Waals surface area contributed by atoms with E-state index >= 15 is 0 Å². The van der Waals surface area contributed by atoms with Gasteiger partial charge in [-0.05, 0) is 49.3 Å². The van der Waals surface area contributed by atoms with Gasteiger partial charge in [0.15, 0.2) is 28.5 Å². The van der Waals surface area contributed by atoms with E-state index in [1.165, 1.54) is 13.1 Å². The summed E-state index contributed by atoms with van der Waals surface area (Å²) in [5, 5.41) is -0.579. The molecule has 1 spiro atoms. The zero-order valence-corrected chi connectivity index (χ0v) is 30.5. The van der Waals surface area contributed by atoms with E-state index in [1.807, 2.05) is 47.0 Å². The van der Waals surface area contributed by atoms with Gasteiger partial charge >= 0.3 is 11.7 Å². The first kappa shape index (κ1) is 36.1. The molecule has 0 amide bonds. The van der Waals surface area contributed by atoms with Gasteiger partial charge in [0.25, 0.3) is 15.7 Å². The second kappa shape index (κ2) is 11.8. The molecule has 2 aliphatic rings. The molecule has 0 aliphatic carbocycles. The van der Waals surface area contributed by atoms with Crippen molar-refractivity contribution < 1.29 is 35.7 Å². The summed E-state index contributed by atoms with van der Waals surface area (Å²) in [7, 11) is -8.65. The number of allylic oxidation sites excluding steroid dienone is 1. The van der Waals surface area contributed by atoms with Crippen LogP contribution in [0.15, 0.2) is 38.5 Å². The lowest BCUT2D eigenvalue weighted by Gasteiger charge is -2.43. The van der Waals surface area contributed by atoms with Gasteiger partial charge in [-0.25, -0.2) is 13.8 Å². The molecule has 4 atom stereocenters. The fourth-order valence-corrected chi connectivity index (χ4v) is 8.13. The number of H-pyrrole nitrogens is 1. The summed E-state index contributed by atoms with van der Waals surface area (Å²) in [6, 6.07) is 0. The maximum absolute atomic E-state index is 13.6. The third-order valence-corrected chi connectivity index (χ3v) is 19.6. The Labute approximate surface area is 261 Å². The van der Waals surface area contributed by atoms with Gasteiger partial charge in [-0.2, -0.15) is 8.42 Å². The molecule has 0 radical (unpaired) electrons. The van der Waals surface area contributed by atoms with Gasteiger partial charge in [-0.3, -0.25) is 14.3 Å².